The van der Waals surface area contributed by atoms with Gasteiger partial charge in [0.25, 0.3) is 0 Å². The van der Waals surface area contributed by atoms with Crippen molar-refractivity contribution in [2.75, 3.05) is 13.7 Å². The molecular formula is C15H22N2O3S. The van der Waals surface area contributed by atoms with Crippen LogP contribution in [0.3, 0.4) is 0 Å². The van der Waals surface area contributed by atoms with Crippen LogP contribution in [0, 0.1) is 5.92 Å². The summed E-state index contributed by atoms with van der Waals surface area (Å²) in [5.41, 5.74) is 0.324. The highest BCUT2D eigenvalue weighted by molar-refractivity contribution is 7.09. The number of aromatic nitrogens is 1. The van der Waals surface area contributed by atoms with E-state index in [2.05, 4.69) is 16.6 Å². The molecule has 1 fully saturated rings. The molecule has 0 aliphatic heterocycles. The Morgan fingerprint density at radius 3 is 2.81 bits per heavy atom. The summed E-state index contributed by atoms with van der Waals surface area (Å²) in [6.07, 6.45) is 5.29. The summed E-state index contributed by atoms with van der Waals surface area (Å²) in [5, 5.41) is 2.48. The van der Waals surface area contributed by atoms with Crippen molar-refractivity contribution in [2.24, 2.45) is 5.92 Å². The molecule has 1 aliphatic rings. The van der Waals surface area contributed by atoms with Crippen molar-refractivity contribution in [3.8, 4) is 0 Å². The van der Waals surface area contributed by atoms with Gasteiger partial charge in [0.1, 0.15) is 5.01 Å². The van der Waals surface area contributed by atoms with Crippen molar-refractivity contribution < 1.29 is 14.3 Å². The number of rotatable bonds is 8. The lowest BCUT2D eigenvalue weighted by atomic mass is 10.2. The number of amides is 1. The van der Waals surface area contributed by atoms with Gasteiger partial charge in [-0.2, -0.15) is 0 Å². The number of hydrogen-bond acceptors (Lipinski definition) is 5. The first kappa shape index (κ1) is 15.9. The van der Waals surface area contributed by atoms with Crippen molar-refractivity contribution in [3.63, 3.8) is 0 Å². The quantitative estimate of drug-likeness (QED) is 0.547. The molecule has 0 N–H and O–H groups in total. The Balaban J connectivity index is 1.97. The summed E-state index contributed by atoms with van der Waals surface area (Å²) in [5.74, 6) is 0.0242. The maximum Gasteiger partial charge on any atom is 0.357 e. The molecular weight excluding hydrogens is 288 g/mol. The van der Waals surface area contributed by atoms with E-state index in [9.17, 15) is 9.59 Å². The first-order chi connectivity index (χ1) is 10.2. The van der Waals surface area contributed by atoms with E-state index in [-0.39, 0.29) is 11.8 Å². The number of esters is 1. The minimum atomic E-state index is -0.427. The summed E-state index contributed by atoms with van der Waals surface area (Å²) in [6, 6.07) is 0. The number of thiazole rings is 1. The zero-order valence-corrected chi connectivity index (χ0v) is 13.4. The maximum atomic E-state index is 12.3. The highest BCUT2D eigenvalue weighted by Crippen LogP contribution is 2.31. The molecule has 0 unspecified atom stereocenters. The monoisotopic (exact) mass is 310 g/mol. The van der Waals surface area contributed by atoms with Crippen LogP contribution in [0.15, 0.2) is 5.38 Å². The van der Waals surface area contributed by atoms with E-state index in [1.54, 1.807) is 5.38 Å². The average molecular weight is 310 g/mol. The zero-order chi connectivity index (χ0) is 15.2. The Morgan fingerprint density at radius 1 is 1.43 bits per heavy atom. The number of carbonyl (C=O) groups is 2. The van der Waals surface area contributed by atoms with E-state index < -0.39 is 5.97 Å². The predicted octanol–water partition coefficient (Wildman–Crippen LogP) is 2.86. The second-order valence-electron chi connectivity index (χ2n) is 5.36. The SMILES string of the molecule is CCCCCN(Cc1nc(C(=O)OC)cs1)C(=O)C1CC1. The molecule has 5 nitrogen and oxygen atoms in total. The van der Waals surface area contributed by atoms with Crippen LogP contribution in [0.25, 0.3) is 0 Å². The lowest BCUT2D eigenvalue weighted by Gasteiger charge is -2.21. The van der Waals surface area contributed by atoms with Gasteiger partial charge in [-0.05, 0) is 19.3 Å². The number of methoxy groups -OCH3 is 1. The fourth-order valence-corrected chi connectivity index (χ4v) is 2.93. The molecule has 0 spiro atoms. The van der Waals surface area contributed by atoms with Crippen molar-refractivity contribution in [1.82, 2.24) is 9.88 Å². The third kappa shape index (κ3) is 4.52. The Hall–Kier alpha value is -1.43. The molecule has 1 heterocycles. The summed E-state index contributed by atoms with van der Waals surface area (Å²) < 4.78 is 4.65. The standard InChI is InChI=1S/C15H22N2O3S/c1-3-4-5-8-17(14(18)11-6-7-11)9-13-16-12(10-21-13)15(19)20-2/h10-11H,3-9H2,1-2H3. The van der Waals surface area contributed by atoms with E-state index in [0.29, 0.717) is 12.2 Å². The minimum absolute atomic E-state index is 0.215. The van der Waals surface area contributed by atoms with Crippen LogP contribution >= 0.6 is 11.3 Å². The molecule has 0 bridgehead atoms. The van der Waals surface area contributed by atoms with Gasteiger partial charge in [0, 0.05) is 17.8 Å². The molecule has 0 saturated heterocycles. The fourth-order valence-electron chi connectivity index (χ4n) is 2.15. The van der Waals surface area contributed by atoms with Crippen molar-refractivity contribution in [1.29, 1.82) is 0 Å². The fraction of sp³-hybridized carbons (Fsp3) is 0.667. The lowest BCUT2D eigenvalue weighted by molar-refractivity contribution is -0.133. The van der Waals surface area contributed by atoms with Crippen LogP contribution in [0.4, 0.5) is 0 Å². The normalized spacial score (nSPS) is 14.0. The van der Waals surface area contributed by atoms with Crippen molar-refractivity contribution in [2.45, 2.75) is 45.6 Å². The Bertz CT molecular complexity index is 497. The number of nitrogens with zero attached hydrogens (tertiary/aromatic N) is 2. The Morgan fingerprint density at radius 2 is 2.19 bits per heavy atom. The van der Waals surface area contributed by atoms with Gasteiger partial charge in [-0.1, -0.05) is 19.8 Å². The van der Waals surface area contributed by atoms with E-state index in [1.807, 2.05) is 4.90 Å². The van der Waals surface area contributed by atoms with Crippen LogP contribution in [-0.2, 0) is 16.1 Å². The van der Waals surface area contributed by atoms with Crippen LogP contribution in [0.5, 0.6) is 0 Å². The molecule has 0 atom stereocenters. The summed E-state index contributed by atoms with van der Waals surface area (Å²) >= 11 is 1.40. The molecule has 116 valence electrons. The van der Waals surface area contributed by atoms with Crippen molar-refractivity contribution >= 4 is 23.2 Å². The minimum Gasteiger partial charge on any atom is -0.464 e. The largest absolute Gasteiger partial charge is 0.464 e. The second kappa shape index (κ2) is 7.54. The summed E-state index contributed by atoms with van der Waals surface area (Å²) in [6.45, 7) is 3.42. The van der Waals surface area contributed by atoms with E-state index in [4.69, 9.17) is 0 Å². The first-order valence-corrected chi connectivity index (χ1v) is 8.35. The predicted molar refractivity (Wildman–Crippen MR) is 81.1 cm³/mol. The van der Waals surface area contributed by atoms with Gasteiger partial charge in [-0.25, -0.2) is 9.78 Å². The van der Waals surface area contributed by atoms with Gasteiger partial charge in [0.15, 0.2) is 5.69 Å². The molecule has 6 heteroatoms. The highest BCUT2D eigenvalue weighted by Gasteiger charge is 2.33. The van der Waals surface area contributed by atoms with E-state index in [0.717, 1.165) is 43.7 Å². The number of carbonyl (C=O) groups excluding carboxylic acids is 2. The van der Waals surface area contributed by atoms with Crippen LogP contribution < -0.4 is 0 Å². The zero-order valence-electron chi connectivity index (χ0n) is 12.6. The van der Waals surface area contributed by atoms with Crippen LogP contribution in [-0.4, -0.2) is 35.4 Å². The molecule has 1 aromatic heterocycles. The second-order valence-corrected chi connectivity index (χ2v) is 6.30. The molecule has 0 aromatic carbocycles. The number of unbranched alkanes of at least 4 members (excludes halogenated alkanes) is 2. The van der Waals surface area contributed by atoms with Gasteiger partial charge in [-0.3, -0.25) is 4.79 Å². The van der Waals surface area contributed by atoms with Gasteiger partial charge < -0.3 is 9.64 Å². The molecule has 1 saturated carbocycles. The van der Waals surface area contributed by atoms with E-state index >= 15 is 0 Å². The smallest absolute Gasteiger partial charge is 0.357 e. The van der Waals surface area contributed by atoms with Gasteiger partial charge in [0.05, 0.1) is 13.7 Å². The van der Waals surface area contributed by atoms with Gasteiger partial charge in [-0.15, -0.1) is 11.3 Å². The Labute approximate surface area is 129 Å². The maximum absolute atomic E-state index is 12.3. The number of hydrogen-bond donors (Lipinski definition) is 0. The van der Waals surface area contributed by atoms with E-state index in [1.165, 1.54) is 18.4 Å². The Kier molecular flexibility index (Phi) is 5.73. The van der Waals surface area contributed by atoms with Crippen LogP contribution in [0.2, 0.25) is 0 Å². The van der Waals surface area contributed by atoms with Crippen molar-refractivity contribution in [3.05, 3.63) is 16.1 Å². The molecule has 1 aliphatic carbocycles. The summed E-state index contributed by atoms with van der Waals surface area (Å²) in [7, 11) is 1.34. The first-order valence-electron chi connectivity index (χ1n) is 7.47. The molecule has 2 rings (SSSR count). The average Bonchev–Trinajstić information content (AvgIpc) is 3.24. The topological polar surface area (TPSA) is 59.5 Å². The lowest BCUT2D eigenvalue weighted by Crippen LogP contribution is -2.32. The highest BCUT2D eigenvalue weighted by atomic mass is 32.1. The molecule has 21 heavy (non-hydrogen) atoms. The van der Waals surface area contributed by atoms with Gasteiger partial charge >= 0.3 is 5.97 Å². The molecule has 0 radical (unpaired) electrons. The third-order valence-corrected chi connectivity index (χ3v) is 4.38. The van der Waals surface area contributed by atoms with Gasteiger partial charge in [0.2, 0.25) is 5.91 Å². The molecule has 1 amide bonds. The third-order valence-electron chi connectivity index (χ3n) is 3.54. The number of ether oxygens (including phenoxy) is 1. The molecule has 1 aromatic rings. The summed E-state index contributed by atoms with van der Waals surface area (Å²) in [4.78, 5) is 29.9. The van der Waals surface area contributed by atoms with Crippen LogP contribution in [0.1, 0.15) is 54.5 Å².